The Balaban J connectivity index is 3.35. The van der Waals surface area contributed by atoms with Gasteiger partial charge in [0.25, 0.3) is 11.6 Å². The Morgan fingerprint density at radius 3 is 2.62 bits per heavy atom. The van der Waals surface area contributed by atoms with Crippen LogP contribution >= 0.6 is 0 Å². The van der Waals surface area contributed by atoms with E-state index in [0.717, 1.165) is 6.07 Å². The standard InChI is InChI=1S/C10H11F2NO3/c1-7-3-2-4-8(13(15)16)9(7)10(11,12)5-6-14/h2-4,14H,5-6H2,1H3. The molecule has 0 saturated heterocycles. The van der Waals surface area contributed by atoms with Crippen molar-refractivity contribution in [3.05, 3.63) is 39.4 Å². The summed E-state index contributed by atoms with van der Waals surface area (Å²) in [6.07, 6.45) is -0.821. The maximum Gasteiger partial charge on any atom is 0.282 e. The maximum atomic E-state index is 13.6. The number of halogens is 2. The van der Waals surface area contributed by atoms with E-state index in [9.17, 15) is 18.9 Å². The van der Waals surface area contributed by atoms with Crippen molar-refractivity contribution in [2.24, 2.45) is 0 Å². The highest BCUT2D eigenvalue weighted by Gasteiger charge is 2.38. The second kappa shape index (κ2) is 4.52. The van der Waals surface area contributed by atoms with Crippen LogP contribution in [0.25, 0.3) is 0 Å². The summed E-state index contributed by atoms with van der Waals surface area (Å²) in [6, 6.07) is 3.77. The molecule has 1 aromatic carbocycles. The molecule has 0 atom stereocenters. The van der Waals surface area contributed by atoms with Crippen LogP contribution in [-0.2, 0) is 5.92 Å². The molecule has 0 bridgehead atoms. The number of aliphatic hydroxyl groups excluding tert-OH is 1. The van der Waals surface area contributed by atoms with Gasteiger partial charge in [-0.1, -0.05) is 12.1 Å². The number of alkyl halides is 2. The van der Waals surface area contributed by atoms with E-state index in [2.05, 4.69) is 0 Å². The number of hydrogen-bond donors (Lipinski definition) is 1. The van der Waals surface area contributed by atoms with Crippen LogP contribution in [0.5, 0.6) is 0 Å². The molecule has 6 heteroatoms. The van der Waals surface area contributed by atoms with Crippen molar-refractivity contribution in [2.75, 3.05) is 6.61 Å². The first-order valence-corrected chi connectivity index (χ1v) is 4.63. The third-order valence-corrected chi connectivity index (χ3v) is 2.24. The molecule has 0 aliphatic carbocycles. The van der Waals surface area contributed by atoms with Crippen molar-refractivity contribution in [3.8, 4) is 0 Å². The number of nitrogens with zero attached hydrogens (tertiary/aromatic N) is 1. The summed E-state index contributed by atoms with van der Waals surface area (Å²) < 4.78 is 27.1. The molecule has 0 aliphatic rings. The number of benzene rings is 1. The maximum absolute atomic E-state index is 13.6. The lowest BCUT2D eigenvalue weighted by Gasteiger charge is -2.17. The Bertz CT molecular complexity index is 407. The molecule has 0 heterocycles. The zero-order valence-electron chi connectivity index (χ0n) is 8.61. The molecule has 1 aromatic rings. The molecule has 16 heavy (non-hydrogen) atoms. The van der Waals surface area contributed by atoms with Gasteiger partial charge in [-0.25, -0.2) is 8.78 Å². The Kier molecular flexibility index (Phi) is 3.54. The summed E-state index contributed by atoms with van der Waals surface area (Å²) in [6.45, 7) is 0.659. The van der Waals surface area contributed by atoms with Crippen molar-refractivity contribution >= 4 is 5.69 Å². The quantitative estimate of drug-likeness (QED) is 0.639. The minimum absolute atomic E-state index is 0.146. The molecule has 4 nitrogen and oxygen atoms in total. The lowest BCUT2D eigenvalue weighted by atomic mass is 9.98. The highest BCUT2D eigenvalue weighted by molar-refractivity contribution is 5.47. The summed E-state index contributed by atoms with van der Waals surface area (Å²) in [5.74, 6) is -3.39. The third kappa shape index (κ3) is 2.33. The molecule has 1 rings (SSSR count). The van der Waals surface area contributed by atoms with Crippen molar-refractivity contribution in [1.29, 1.82) is 0 Å². The van der Waals surface area contributed by atoms with Crippen molar-refractivity contribution < 1.29 is 18.8 Å². The number of rotatable bonds is 4. The van der Waals surface area contributed by atoms with Gasteiger partial charge < -0.3 is 5.11 Å². The molecular weight excluding hydrogens is 220 g/mol. The molecular formula is C10H11F2NO3. The van der Waals surface area contributed by atoms with Gasteiger partial charge in [0.2, 0.25) is 0 Å². The van der Waals surface area contributed by atoms with Gasteiger partial charge in [0, 0.05) is 19.1 Å². The first-order chi connectivity index (χ1) is 7.40. The SMILES string of the molecule is Cc1cccc([N+](=O)[O-])c1C(F)(F)CCO. The Morgan fingerprint density at radius 2 is 2.12 bits per heavy atom. The second-order valence-corrected chi connectivity index (χ2v) is 3.40. The predicted octanol–water partition coefficient (Wildman–Crippen LogP) is 2.38. The van der Waals surface area contributed by atoms with Crippen LogP contribution in [0.3, 0.4) is 0 Å². The van der Waals surface area contributed by atoms with Gasteiger partial charge in [0.05, 0.1) is 4.92 Å². The van der Waals surface area contributed by atoms with Crippen LogP contribution in [0.15, 0.2) is 18.2 Å². The largest absolute Gasteiger partial charge is 0.396 e. The number of aryl methyl sites for hydroxylation is 1. The average Bonchev–Trinajstić information content (AvgIpc) is 2.16. The van der Waals surface area contributed by atoms with E-state index in [1.54, 1.807) is 0 Å². The summed E-state index contributed by atoms with van der Waals surface area (Å²) in [5, 5.41) is 19.2. The fourth-order valence-electron chi connectivity index (χ4n) is 1.55. The van der Waals surface area contributed by atoms with Crippen LogP contribution in [0.4, 0.5) is 14.5 Å². The van der Waals surface area contributed by atoms with E-state index in [1.165, 1.54) is 19.1 Å². The highest BCUT2D eigenvalue weighted by atomic mass is 19.3. The predicted molar refractivity (Wildman–Crippen MR) is 53.4 cm³/mol. The van der Waals surface area contributed by atoms with Crippen LogP contribution in [-0.4, -0.2) is 16.6 Å². The number of nitro benzene ring substituents is 1. The van der Waals surface area contributed by atoms with Gasteiger partial charge in [0.15, 0.2) is 0 Å². The smallest absolute Gasteiger partial charge is 0.282 e. The first-order valence-electron chi connectivity index (χ1n) is 4.63. The Morgan fingerprint density at radius 1 is 1.50 bits per heavy atom. The number of aliphatic hydroxyl groups is 1. The number of hydrogen-bond acceptors (Lipinski definition) is 3. The monoisotopic (exact) mass is 231 g/mol. The van der Waals surface area contributed by atoms with E-state index in [0.29, 0.717) is 0 Å². The molecule has 0 aliphatic heterocycles. The molecule has 0 aromatic heterocycles. The van der Waals surface area contributed by atoms with Crippen molar-refractivity contribution in [2.45, 2.75) is 19.3 Å². The molecule has 0 fully saturated rings. The van der Waals surface area contributed by atoms with E-state index >= 15 is 0 Å². The minimum atomic E-state index is -3.39. The Labute approximate surface area is 90.7 Å². The van der Waals surface area contributed by atoms with Gasteiger partial charge in [-0.3, -0.25) is 10.1 Å². The molecule has 88 valence electrons. The normalized spacial score (nSPS) is 11.5. The lowest BCUT2D eigenvalue weighted by Crippen LogP contribution is -2.18. The summed E-state index contributed by atoms with van der Waals surface area (Å²) >= 11 is 0. The second-order valence-electron chi connectivity index (χ2n) is 3.40. The topological polar surface area (TPSA) is 63.4 Å². The minimum Gasteiger partial charge on any atom is -0.396 e. The van der Waals surface area contributed by atoms with Gasteiger partial charge in [0.1, 0.15) is 5.56 Å². The van der Waals surface area contributed by atoms with E-state index in [4.69, 9.17) is 5.11 Å². The third-order valence-electron chi connectivity index (χ3n) is 2.24. The summed E-state index contributed by atoms with van der Waals surface area (Å²) in [4.78, 5) is 9.79. The first kappa shape index (κ1) is 12.5. The lowest BCUT2D eigenvalue weighted by molar-refractivity contribution is -0.387. The molecule has 0 amide bonds. The molecule has 0 radical (unpaired) electrons. The van der Waals surface area contributed by atoms with Crippen molar-refractivity contribution in [3.63, 3.8) is 0 Å². The van der Waals surface area contributed by atoms with E-state index in [1.807, 2.05) is 0 Å². The fraction of sp³-hybridized carbons (Fsp3) is 0.400. The fourth-order valence-corrected chi connectivity index (χ4v) is 1.55. The zero-order valence-corrected chi connectivity index (χ0v) is 8.61. The summed E-state index contributed by atoms with van der Waals surface area (Å²) in [5.41, 5.74) is -1.08. The number of nitro groups is 1. The van der Waals surface area contributed by atoms with Crippen LogP contribution in [0.2, 0.25) is 0 Å². The molecule has 0 saturated carbocycles. The molecule has 0 spiro atoms. The van der Waals surface area contributed by atoms with Crippen LogP contribution in [0.1, 0.15) is 17.5 Å². The zero-order chi connectivity index (χ0) is 12.3. The van der Waals surface area contributed by atoms with Gasteiger partial charge >= 0.3 is 0 Å². The average molecular weight is 231 g/mol. The highest BCUT2D eigenvalue weighted by Crippen LogP contribution is 2.39. The molecule has 1 N–H and O–H groups in total. The van der Waals surface area contributed by atoms with Crippen molar-refractivity contribution in [1.82, 2.24) is 0 Å². The van der Waals surface area contributed by atoms with E-state index < -0.39 is 35.1 Å². The van der Waals surface area contributed by atoms with Crippen LogP contribution < -0.4 is 0 Å². The van der Waals surface area contributed by atoms with Gasteiger partial charge in [-0.05, 0) is 12.5 Å². The molecule has 0 unspecified atom stereocenters. The van der Waals surface area contributed by atoms with Gasteiger partial charge in [-0.2, -0.15) is 0 Å². The van der Waals surface area contributed by atoms with Crippen LogP contribution in [0, 0.1) is 17.0 Å². The van der Waals surface area contributed by atoms with Gasteiger partial charge in [-0.15, -0.1) is 0 Å². The Hall–Kier alpha value is -1.56. The van der Waals surface area contributed by atoms with E-state index in [-0.39, 0.29) is 5.56 Å². The summed E-state index contributed by atoms with van der Waals surface area (Å²) in [7, 11) is 0.